The Balaban J connectivity index is 2.27. The fourth-order valence-electron chi connectivity index (χ4n) is 1.78. The Bertz CT molecular complexity index is 342. The number of halogens is 1. The van der Waals surface area contributed by atoms with Gasteiger partial charge in [0, 0.05) is 24.1 Å². The molecule has 0 amide bonds. The average molecular weight is 270 g/mol. The van der Waals surface area contributed by atoms with Gasteiger partial charge in [-0.15, -0.1) is 0 Å². The number of rotatable bonds is 8. The molecule has 0 saturated heterocycles. The van der Waals surface area contributed by atoms with Crippen molar-refractivity contribution in [2.45, 2.75) is 19.9 Å². The molecule has 0 spiro atoms. The Morgan fingerprint density at radius 2 is 2.06 bits per heavy atom. The van der Waals surface area contributed by atoms with E-state index in [1.807, 2.05) is 17.8 Å². The molecule has 0 aliphatic carbocycles. The highest BCUT2D eigenvalue weighted by atomic mass is 32.2. The van der Waals surface area contributed by atoms with E-state index in [1.165, 1.54) is 12.1 Å². The van der Waals surface area contributed by atoms with Crippen LogP contribution in [-0.2, 0) is 0 Å². The molecule has 102 valence electrons. The summed E-state index contributed by atoms with van der Waals surface area (Å²) in [6.45, 7) is 7.62. The van der Waals surface area contributed by atoms with Crippen LogP contribution in [0.25, 0.3) is 0 Å². The van der Waals surface area contributed by atoms with Gasteiger partial charge in [-0.1, -0.05) is 26.0 Å². The second-order valence-corrected chi connectivity index (χ2v) is 5.41. The number of nitrogens with two attached hydrogens (primary N) is 1. The second-order valence-electron chi connectivity index (χ2n) is 4.26. The summed E-state index contributed by atoms with van der Waals surface area (Å²) in [5.74, 6) is 1.70. The molecular formula is C14H23FN2S. The fourth-order valence-corrected chi connectivity index (χ4v) is 2.78. The average Bonchev–Trinajstić information content (AvgIpc) is 2.38. The molecular weight excluding hydrogens is 247 g/mol. The van der Waals surface area contributed by atoms with Gasteiger partial charge in [-0.05, 0) is 30.8 Å². The minimum Gasteiger partial charge on any atom is -0.323 e. The zero-order valence-electron chi connectivity index (χ0n) is 11.2. The van der Waals surface area contributed by atoms with Gasteiger partial charge in [0.25, 0.3) is 0 Å². The van der Waals surface area contributed by atoms with Crippen LogP contribution in [-0.4, -0.2) is 36.0 Å². The highest BCUT2D eigenvalue weighted by molar-refractivity contribution is 7.99. The van der Waals surface area contributed by atoms with Gasteiger partial charge in [-0.3, -0.25) is 0 Å². The lowest BCUT2D eigenvalue weighted by Crippen LogP contribution is -2.25. The maximum absolute atomic E-state index is 13.0. The molecule has 0 radical (unpaired) electrons. The van der Waals surface area contributed by atoms with Crippen LogP contribution >= 0.6 is 11.8 Å². The third kappa shape index (κ3) is 5.38. The third-order valence-electron chi connectivity index (χ3n) is 3.02. The van der Waals surface area contributed by atoms with Gasteiger partial charge in [0.05, 0.1) is 0 Å². The summed E-state index contributed by atoms with van der Waals surface area (Å²) in [5.41, 5.74) is 6.92. The number of hydrogen-bond donors (Lipinski definition) is 1. The molecule has 0 aliphatic rings. The first-order chi connectivity index (χ1) is 8.67. The molecule has 0 fully saturated rings. The van der Waals surface area contributed by atoms with E-state index < -0.39 is 0 Å². The highest BCUT2D eigenvalue weighted by Crippen LogP contribution is 2.16. The van der Waals surface area contributed by atoms with Crippen LogP contribution in [0.5, 0.6) is 0 Å². The summed E-state index contributed by atoms with van der Waals surface area (Å²) < 4.78 is 13.0. The summed E-state index contributed by atoms with van der Waals surface area (Å²) in [6, 6.07) is 6.49. The molecule has 0 aromatic heterocycles. The summed E-state index contributed by atoms with van der Waals surface area (Å²) in [6.07, 6.45) is 0. The smallest absolute Gasteiger partial charge is 0.123 e. The summed E-state index contributed by atoms with van der Waals surface area (Å²) >= 11 is 1.83. The van der Waals surface area contributed by atoms with Crippen LogP contribution in [0.2, 0.25) is 0 Å². The Labute approximate surface area is 114 Å². The van der Waals surface area contributed by atoms with Crippen molar-refractivity contribution in [2.75, 3.05) is 31.1 Å². The first-order valence-electron chi connectivity index (χ1n) is 6.48. The van der Waals surface area contributed by atoms with Crippen LogP contribution < -0.4 is 5.73 Å². The van der Waals surface area contributed by atoms with Crippen molar-refractivity contribution in [1.29, 1.82) is 0 Å². The van der Waals surface area contributed by atoms with Gasteiger partial charge in [0.2, 0.25) is 0 Å². The summed E-state index contributed by atoms with van der Waals surface area (Å²) in [7, 11) is 0. The van der Waals surface area contributed by atoms with Crippen LogP contribution in [0.1, 0.15) is 25.5 Å². The van der Waals surface area contributed by atoms with Gasteiger partial charge < -0.3 is 10.6 Å². The number of thioether (sulfide) groups is 1. The highest BCUT2D eigenvalue weighted by Gasteiger charge is 2.07. The second kappa shape index (κ2) is 8.51. The van der Waals surface area contributed by atoms with Crippen molar-refractivity contribution in [1.82, 2.24) is 4.90 Å². The quantitative estimate of drug-likeness (QED) is 0.737. The minimum absolute atomic E-state index is 0.0811. The molecule has 0 aliphatic heterocycles. The van der Waals surface area contributed by atoms with E-state index in [9.17, 15) is 4.39 Å². The molecule has 1 aromatic carbocycles. The number of benzene rings is 1. The first kappa shape index (κ1) is 15.5. The molecule has 2 nitrogen and oxygen atoms in total. The van der Waals surface area contributed by atoms with E-state index in [4.69, 9.17) is 5.73 Å². The van der Waals surface area contributed by atoms with Gasteiger partial charge in [0.15, 0.2) is 0 Å². The number of nitrogens with zero attached hydrogens (tertiary/aromatic N) is 1. The van der Waals surface area contributed by atoms with E-state index in [2.05, 4.69) is 18.7 Å². The lowest BCUT2D eigenvalue weighted by Gasteiger charge is -2.18. The SMILES string of the molecule is CCN(CC)CCSCC(N)c1cccc(F)c1. The summed E-state index contributed by atoms with van der Waals surface area (Å²) in [5, 5.41) is 0. The molecule has 0 bridgehead atoms. The normalized spacial score (nSPS) is 12.9. The van der Waals surface area contributed by atoms with Gasteiger partial charge in [0.1, 0.15) is 5.82 Å². The molecule has 0 heterocycles. The van der Waals surface area contributed by atoms with E-state index in [1.54, 1.807) is 6.07 Å². The first-order valence-corrected chi connectivity index (χ1v) is 7.64. The van der Waals surface area contributed by atoms with E-state index in [0.29, 0.717) is 0 Å². The molecule has 4 heteroatoms. The van der Waals surface area contributed by atoms with Crippen LogP contribution in [0.3, 0.4) is 0 Å². The monoisotopic (exact) mass is 270 g/mol. The van der Waals surface area contributed by atoms with Crippen molar-refractivity contribution < 1.29 is 4.39 Å². The van der Waals surface area contributed by atoms with Crippen LogP contribution in [0.4, 0.5) is 4.39 Å². The molecule has 1 atom stereocenters. The van der Waals surface area contributed by atoms with Crippen molar-refractivity contribution in [2.24, 2.45) is 5.73 Å². The Hall–Kier alpha value is -0.580. The molecule has 1 rings (SSSR count). The Morgan fingerprint density at radius 3 is 2.67 bits per heavy atom. The predicted octanol–water partition coefficient (Wildman–Crippen LogP) is 2.90. The molecule has 1 aromatic rings. The lowest BCUT2D eigenvalue weighted by atomic mass is 10.1. The van der Waals surface area contributed by atoms with Gasteiger partial charge >= 0.3 is 0 Å². The standard InChI is InChI=1S/C14H23FN2S/c1-3-17(4-2)8-9-18-11-14(16)12-6-5-7-13(15)10-12/h5-7,10,14H,3-4,8-9,11,16H2,1-2H3. The Morgan fingerprint density at radius 1 is 1.33 bits per heavy atom. The van der Waals surface area contributed by atoms with Crippen molar-refractivity contribution in [3.8, 4) is 0 Å². The summed E-state index contributed by atoms with van der Waals surface area (Å²) in [4.78, 5) is 2.39. The van der Waals surface area contributed by atoms with Gasteiger partial charge in [-0.25, -0.2) is 4.39 Å². The van der Waals surface area contributed by atoms with E-state index in [0.717, 1.165) is 36.7 Å². The zero-order valence-corrected chi connectivity index (χ0v) is 12.0. The molecule has 0 saturated carbocycles. The predicted molar refractivity (Wildman–Crippen MR) is 78.4 cm³/mol. The lowest BCUT2D eigenvalue weighted by molar-refractivity contribution is 0.324. The largest absolute Gasteiger partial charge is 0.323 e. The Kier molecular flexibility index (Phi) is 7.32. The molecule has 18 heavy (non-hydrogen) atoms. The van der Waals surface area contributed by atoms with Crippen LogP contribution in [0, 0.1) is 5.82 Å². The van der Waals surface area contributed by atoms with Crippen molar-refractivity contribution >= 4 is 11.8 Å². The topological polar surface area (TPSA) is 29.3 Å². The van der Waals surface area contributed by atoms with E-state index in [-0.39, 0.29) is 11.9 Å². The van der Waals surface area contributed by atoms with Crippen molar-refractivity contribution in [3.05, 3.63) is 35.6 Å². The maximum atomic E-state index is 13.0. The zero-order chi connectivity index (χ0) is 13.4. The van der Waals surface area contributed by atoms with Crippen LogP contribution in [0.15, 0.2) is 24.3 Å². The molecule has 1 unspecified atom stereocenters. The fraction of sp³-hybridized carbons (Fsp3) is 0.571. The number of hydrogen-bond acceptors (Lipinski definition) is 3. The van der Waals surface area contributed by atoms with Gasteiger partial charge in [-0.2, -0.15) is 11.8 Å². The minimum atomic E-state index is -0.212. The molecule has 2 N–H and O–H groups in total. The maximum Gasteiger partial charge on any atom is 0.123 e. The third-order valence-corrected chi connectivity index (χ3v) is 4.09. The van der Waals surface area contributed by atoms with Crippen molar-refractivity contribution in [3.63, 3.8) is 0 Å². The van der Waals surface area contributed by atoms with E-state index >= 15 is 0 Å².